The fraction of sp³-hybridized carbons (Fsp3) is 0.200. The van der Waals surface area contributed by atoms with Gasteiger partial charge in [0.15, 0.2) is 5.78 Å². The summed E-state index contributed by atoms with van der Waals surface area (Å²) in [6.45, 7) is 0. The number of rotatable bonds is 6. The van der Waals surface area contributed by atoms with E-state index in [4.69, 9.17) is 0 Å². The summed E-state index contributed by atoms with van der Waals surface area (Å²) in [5.74, 6) is -0.435. The van der Waals surface area contributed by atoms with Crippen molar-refractivity contribution in [3.05, 3.63) is 79.9 Å². The highest BCUT2D eigenvalue weighted by molar-refractivity contribution is 6.08. The molecule has 2 aromatic carbocycles. The molecule has 1 fully saturated rings. The second-order valence-electron chi connectivity index (χ2n) is 6.59. The molecule has 0 amide bonds. The van der Waals surface area contributed by atoms with Crippen LogP contribution in [0.25, 0.3) is 6.08 Å². The second-order valence-corrected chi connectivity index (χ2v) is 6.59. The number of hydrogen-bond acceptors (Lipinski definition) is 7. The summed E-state index contributed by atoms with van der Waals surface area (Å²) in [4.78, 5) is 33.2. The number of Topliss-reactive ketones (excluding diaryl/α,β-unsaturated/α-hetero) is 1. The SMILES string of the molecule is O=C1/C(=C/c2ccccc2)CCC[C@@H]1/C=N\Nc1cc([N+](=O)[O-])cc([N+](=O)[O-])c1. The summed E-state index contributed by atoms with van der Waals surface area (Å²) in [6, 6.07) is 12.7. The Morgan fingerprint density at radius 3 is 2.31 bits per heavy atom. The maximum Gasteiger partial charge on any atom is 0.278 e. The van der Waals surface area contributed by atoms with E-state index in [0.29, 0.717) is 12.8 Å². The number of hydrazone groups is 1. The predicted octanol–water partition coefficient (Wildman–Crippen LogP) is 4.35. The van der Waals surface area contributed by atoms with Crippen LogP contribution in [0.1, 0.15) is 24.8 Å². The molecule has 0 unspecified atom stereocenters. The summed E-state index contributed by atoms with van der Waals surface area (Å²) < 4.78 is 0. The molecule has 0 heterocycles. The lowest BCUT2D eigenvalue weighted by molar-refractivity contribution is -0.394. The van der Waals surface area contributed by atoms with E-state index in [-0.39, 0.29) is 11.5 Å². The maximum absolute atomic E-state index is 12.7. The lowest BCUT2D eigenvalue weighted by Crippen LogP contribution is -2.23. The minimum Gasteiger partial charge on any atom is -0.294 e. The molecule has 29 heavy (non-hydrogen) atoms. The molecular weight excluding hydrogens is 376 g/mol. The molecule has 1 aliphatic rings. The van der Waals surface area contributed by atoms with Crippen molar-refractivity contribution in [1.29, 1.82) is 0 Å². The average molecular weight is 394 g/mol. The topological polar surface area (TPSA) is 128 Å². The Bertz CT molecular complexity index is 969. The quantitative estimate of drug-likeness (QED) is 0.336. The molecule has 2 aromatic rings. The highest BCUT2D eigenvalue weighted by atomic mass is 16.6. The van der Waals surface area contributed by atoms with Gasteiger partial charge in [0.1, 0.15) is 0 Å². The molecule has 0 saturated heterocycles. The zero-order valence-electron chi connectivity index (χ0n) is 15.4. The number of allylic oxidation sites excluding steroid dienone is 1. The first-order valence-electron chi connectivity index (χ1n) is 8.97. The van der Waals surface area contributed by atoms with Crippen LogP contribution in [0.15, 0.2) is 59.2 Å². The lowest BCUT2D eigenvalue weighted by Gasteiger charge is -2.19. The molecule has 1 atom stereocenters. The summed E-state index contributed by atoms with van der Waals surface area (Å²) in [5, 5.41) is 25.9. The normalized spacial score (nSPS) is 18.1. The van der Waals surface area contributed by atoms with Crippen LogP contribution in [0, 0.1) is 26.1 Å². The van der Waals surface area contributed by atoms with Crippen molar-refractivity contribution in [3.63, 3.8) is 0 Å². The smallest absolute Gasteiger partial charge is 0.278 e. The molecular formula is C20H18N4O5. The molecule has 0 aliphatic heterocycles. The molecule has 9 nitrogen and oxygen atoms in total. The summed E-state index contributed by atoms with van der Waals surface area (Å²) in [7, 11) is 0. The van der Waals surface area contributed by atoms with Crippen LogP contribution < -0.4 is 5.43 Å². The molecule has 9 heteroatoms. The molecule has 3 rings (SSSR count). The number of hydrogen-bond donors (Lipinski definition) is 1. The molecule has 0 radical (unpaired) electrons. The fourth-order valence-corrected chi connectivity index (χ4v) is 3.11. The van der Waals surface area contributed by atoms with Gasteiger partial charge in [-0.2, -0.15) is 5.10 Å². The maximum atomic E-state index is 12.7. The number of carbonyl (C=O) groups excluding carboxylic acids is 1. The van der Waals surface area contributed by atoms with Gasteiger partial charge in [0.2, 0.25) is 0 Å². The van der Waals surface area contributed by atoms with Gasteiger partial charge in [0.05, 0.1) is 27.5 Å². The number of nitrogens with one attached hydrogen (secondary N) is 1. The first-order valence-corrected chi connectivity index (χ1v) is 8.97. The first kappa shape index (κ1) is 19.9. The summed E-state index contributed by atoms with van der Waals surface area (Å²) in [5.41, 5.74) is 3.50. The minimum atomic E-state index is -0.715. The Labute approximate surface area is 166 Å². The van der Waals surface area contributed by atoms with Gasteiger partial charge in [-0.25, -0.2) is 0 Å². The number of anilines is 1. The van der Waals surface area contributed by atoms with Crippen molar-refractivity contribution in [1.82, 2.24) is 0 Å². The Hall–Kier alpha value is -3.88. The van der Waals surface area contributed by atoms with E-state index in [1.54, 1.807) is 0 Å². The van der Waals surface area contributed by atoms with E-state index < -0.39 is 27.1 Å². The standard InChI is InChI=1S/C20H18N4O5/c25-20-15(9-14-5-2-1-3-6-14)7-4-8-16(20)13-21-22-17-10-18(23(26)27)12-19(11-17)24(28)29/h1-3,5-6,9-13,16,22H,4,7-8H2/b15-9+,21-13-/t16-/m1/s1. The van der Waals surface area contributed by atoms with Crippen LogP contribution in [-0.2, 0) is 4.79 Å². The van der Waals surface area contributed by atoms with E-state index >= 15 is 0 Å². The number of carbonyl (C=O) groups is 1. The third kappa shape index (κ3) is 5.10. The second kappa shape index (κ2) is 8.87. The van der Waals surface area contributed by atoms with Crippen molar-refractivity contribution < 1.29 is 14.6 Å². The highest BCUT2D eigenvalue weighted by Crippen LogP contribution is 2.27. The molecule has 1 aliphatic carbocycles. The van der Waals surface area contributed by atoms with Crippen molar-refractivity contribution in [3.8, 4) is 0 Å². The van der Waals surface area contributed by atoms with Crippen molar-refractivity contribution in [2.75, 3.05) is 5.43 Å². The van der Waals surface area contributed by atoms with Crippen molar-refractivity contribution in [2.45, 2.75) is 19.3 Å². The molecule has 1 N–H and O–H groups in total. The first-order chi connectivity index (χ1) is 13.9. The Kier molecular flexibility index (Phi) is 6.08. The third-order valence-corrected chi connectivity index (χ3v) is 4.53. The minimum absolute atomic E-state index is 0.0179. The van der Waals surface area contributed by atoms with Gasteiger partial charge in [0, 0.05) is 18.3 Å². The number of nitrogens with zero attached hydrogens (tertiary/aromatic N) is 3. The Morgan fingerprint density at radius 1 is 1.03 bits per heavy atom. The van der Waals surface area contributed by atoms with Crippen LogP contribution >= 0.6 is 0 Å². The van der Waals surface area contributed by atoms with Gasteiger partial charge < -0.3 is 0 Å². The highest BCUT2D eigenvalue weighted by Gasteiger charge is 2.25. The monoisotopic (exact) mass is 394 g/mol. The molecule has 0 spiro atoms. The van der Waals surface area contributed by atoms with Crippen LogP contribution in [0.4, 0.5) is 17.1 Å². The number of benzene rings is 2. The molecule has 0 aromatic heterocycles. The summed E-state index contributed by atoms with van der Waals surface area (Å²) >= 11 is 0. The summed E-state index contributed by atoms with van der Waals surface area (Å²) in [6.07, 6.45) is 5.50. The largest absolute Gasteiger partial charge is 0.294 e. The number of nitro benzene ring substituents is 2. The number of nitro groups is 2. The molecule has 148 valence electrons. The van der Waals surface area contributed by atoms with Crippen LogP contribution in [-0.4, -0.2) is 21.8 Å². The van der Waals surface area contributed by atoms with Gasteiger partial charge in [0.25, 0.3) is 11.4 Å². The van der Waals surface area contributed by atoms with Crippen molar-refractivity contribution >= 4 is 35.1 Å². The number of ketones is 1. The third-order valence-electron chi connectivity index (χ3n) is 4.53. The van der Waals surface area contributed by atoms with E-state index in [9.17, 15) is 25.0 Å². The molecule has 1 saturated carbocycles. The van der Waals surface area contributed by atoms with Crippen LogP contribution in [0.2, 0.25) is 0 Å². The number of non-ortho nitro benzene ring substituents is 2. The van der Waals surface area contributed by atoms with E-state index in [0.717, 1.165) is 35.8 Å². The van der Waals surface area contributed by atoms with Gasteiger partial charge >= 0.3 is 0 Å². The van der Waals surface area contributed by atoms with Gasteiger partial charge in [-0.05, 0) is 36.5 Å². The Balaban J connectivity index is 1.73. The lowest BCUT2D eigenvalue weighted by atomic mass is 9.84. The zero-order chi connectivity index (χ0) is 20.8. The van der Waals surface area contributed by atoms with Crippen LogP contribution in [0.3, 0.4) is 0 Å². The zero-order valence-corrected chi connectivity index (χ0v) is 15.4. The van der Waals surface area contributed by atoms with Gasteiger partial charge in [-0.15, -0.1) is 0 Å². The fourth-order valence-electron chi connectivity index (χ4n) is 3.11. The predicted molar refractivity (Wildman–Crippen MR) is 109 cm³/mol. The van der Waals surface area contributed by atoms with Crippen LogP contribution in [0.5, 0.6) is 0 Å². The van der Waals surface area contributed by atoms with Gasteiger partial charge in [-0.3, -0.25) is 30.4 Å². The Morgan fingerprint density at radius 2 is 1.69 bits per heavy atom. The van der Waals surface area contributed by atoms with Crippen molar-refractivity contribution in [2.24, 2.45) is 11.0 Å². The average Bonchev–Trinajstić information content (AvgIpc) is 2.71. The van der Waals surface area contributed by atoms with E-state index in [2.05, 4.69) is 10.5 Å². The van der Waals surface area contributed by atoms with E-state index in [1.165, 1.54) is 6.21 Å². The van der Waals surface area contributed by atoms with E-state index in [1.807, 2.05) is 36.4 Å². The molecule has 0 bridgehead atoms. The van der Waals surface area contributed by atoms with Gasteiger partial charge in [-0.1, -0.05) is 30.3 Å².